The van der Waals surface area contributed by atoms with Gasteiger partial charge in [-0.25, -0.2) is 18.2 Å². The van der Waals surface area contributed by atoms with Gasteiger partial charge in [-0.1, -0.05) is 25.5 Å². The van der Waals surface area contributed by atoms with E-state index in [1.54, 1.807) is 37.1 Å². The Morgan fingerprint density at radius 3 is 2.65 bits per heavy atom. The van der Waals surface area contributed by atoms with Gasteiger partial charge in [-0.3, -0.25) is 4.72 Å². The molecule has 8 heteroatoms. The summed E-state index contributed by atoms with van der Waals surface area (Å²) in [5, 5.41) is 9.47. The standard InChI is InChI=1S/C18H23N3O4S/c1-4-5-9-21(3)17-16(18(22)23)11-14(12-19-17)20-26(24,25)15-8-6-7-13(2)10-15/h6-8,10-12,20H,4-5,9H2,1-3H3,(H,22,23). The predicted octanol–water partition coefficient (Wildman–Crippen LogP) is 3.13. The molecule has 0 unspecified atom stereocenters. The van der Waals surface area contributed by atoms with Gasteiger partial charge in [0.15, 0.2) is 0 Å². The Hall–Kier alpha value is -2.61. The zero-order chi connectivity index (χ0) is 19.3. The first kappa shape index (κ1) is 19.7. The highest BCUT2D eigenvalue weighted by molar-refractivity contribution is 7.92. The van der Waals surface area contributed by atoms with Gasteiger partial charge >= 0.3 is 5.97 Å². The third kappa shape index (κ3) is 4.72. The van der Waals surface area contributed by atoms with Gasteiger partial charge in [0.05, 0.1) is 16.8 Å². The van der Waals surface area contributed by atoms with Crippen LogP contribution in [0.4, 0.5) is 11.5 Å². The molecule has 2 aromatic rings. The Morgan fingerprint density at radius 2 is 2.04 bits per heavy atom. The second kappa shape index (κ2) is 8.18. The summed E-state index contributed by atoms with van der Waals surface area (Å²) < 4.78 is 27.4. The van der Waals surface area contributed by atoms with Gasteiger partial charge in [0, 0.05) is 13.6 Å². The van der Waals surface area contributed by atoms with Crippen molar-refractivity contribution in [1.82, 2.24) is 4.98 Å². The van der Waals surface area contributed by atoms with Crippen LogP contribution in [0.2, 0.25) is 0 Å². The lowest BCUT2D eigenvalue weighted by atomic mass is 10.2. The van der Waals surface area contributed by atoms with E-state index >= 15 is 0 Å². The maximum atomic E-state index is 12.5. The van der Waals surface area contributed by atoms with Crippen LogP contribution in [0, 0.1) is 6.92 Å². The van der Waals surface area contributed by atoms with E-state index in [-0.39, 0.29) is 16.1 Å². The van der Waals surface area contributed by atoms with Crippen LogP contribution >= 0.6 is 0 Å². The van der Waals surface area contributed by atoms with Crippen molar-refractivity contribution in [2.24, 2.45) is 0 Å². The number of anilines is 2. The SMILES string of the molecule is CCCCN(C)c1ncc(NS(=O)(=O)c2cccc(C)c2)cc1C(=O)O. The first-order valence-electron chi connectivity index (χ1n) is 8.28. The summed E-state index contributed by atoms with van der Waals surface area (Å²) in [5.41, 5.74) is 0.870. The molecule has 0 saturated carbocycles. The van der Waals surface area contributed by atoms with Gasteiger partial charge in [-0.2, -0.15) is 0 Å². The third-order valence-corrected chi connectivity index (χ3v) is 5.24. The molecule has 1 heterocycles. The fourth-order valence-electron chi connectivity index (χ4n) is 2.47. The summed E-state index contributed by atoms with van der Waals surface area (Å²) in [6, 6.07) is 7.76. The number of carboxylic acids is 1. The number of aryl methyl sites for hydroxylation is 1. The van der Waals surface area contributed by atoms with E-state index in [0.717, 1.165) is 18.4 Å². The Labute approximate surface area is 153 Å². The summed E-state index contributed by atoms with van der Waals surface area (Å²) in [7, 11) is -2.06. The van der Waals surface area contributed by atoms with Crippen molar-refractivity contribution in [2.45, 2.75) is 31.6 Å². The minimum Gasteiger partial charge on any atom is -0.478 e. The fraction of sp³-hybridized carbons (Fsp3) is 0.333. The second-order valence-electron chi connectivity index (χ2n) is 6.10. The quantitative estimate of drug-likeness (QED) is 0.733. The average Bonchev–Trinajstić information content (AvgIpc) is 2.59. The molecule has 0 amide bonds. The number of aromatic carboxylic acids is 1. The molecule has 140 valence electrons. The number of carbonyl (C=O) groups is 1. The number of nitrogens with one attached hydrogen (secondary N) is 1. The monoisotopic (exact) mass is 377 g/mol. The molecule has 0 aliphatic carbocycles. The average molecular weight is 377 g/mol. The molecule has 0 radical (unpaired) electrons. The van der Waals surface area contributed by atoms with Crippen LogP contribution < -0.4 is 9.62 Å². The molecule has 0 fully saturated rings. The molecule has 1 aromatic heterocycles. The number of benzene rings is 1. The van der Waals surface area contributed by atoms with Gasteiger partial charge in [-0.15, -0.1) is 0 Å². The van der Waals surface area contributed by atoms with E-state index < -0.39 is 16.0 Å². The molecule has 7 nitrogen and oxygen atoms in total. The van der Waals surface area contributed by atoms with Crippen molar-refractivity contribution in [2.75, 3.05) is 23.2 Å². The van der Waals surface area contributed by atoms with Crippen LogP contribution in [0.5, 0.6) is 0 Å². The molecular weight excluding hydrogens is 354 g/mol. The molecule has 2 rings (SSSR count). The highest BCUT2D eigenvalue weighted by Crippen LogP contribution is 2.23. The van der Waals surface area contributed by atoms with E-state index in [4.69, 9.17) is 0 Å². The lowest BCUT2D eigenvalue weighted by molar-refractivity contribution is 0.0697. The van der Waals surface area contributed by atoms with Gasteiger partial charge < -0.3 is 10.0 Å². The predicted molar refractivity (Wildman–Crippen MR) is 101 cm³/mol. The minimum absolute atomic E-state index is 0.0481. The number of pyridine rings is 1. The number of aromatic nitrogens is 1. The molecule has 0 aliphatic heterocycles. The van der Waals surface area contributed by atoms with Crippen molar-refractivity contribution in [3.05, 3.63) is 47.7 Å². The summed E-state index contributed by atoms with van der Waals surface area (Å²) in [4.78, 5) is 17.6. The second-order valence-corrected chi connectivity index (χ2v) is 7.78. The Bertz CT molecular complexity index is 897. The summed E-state index contributed by atoms with van der Waals surface area (Å²) in [6.45, 7) is 4.50. The normalized spacial score (nSPS) is 11.2. The van der Waals surface area contributed by atoms with E-state index in [1.165, 1.54) is 18.3 Å². The fourth-order valence-corrected chi connectivity index (χ4v) is 3.61. The van der Waals surface area contributed by atoms with Crippen LogP contribution in [0.1, 0.15) is 35.7 Å². The molecule has 0 aliphatic rings. The lowest BCUT2D eigenvalue weighted by Crippen LogP contribution is -2.23. The third-order valence-electron chi connectivity index (χ3n) is 3.86. The Kier molecular flexibility index (Phi) is 6.20. The maximum absolute atomic E-state index is 12.5. The molecular formula is C18H23N3O4S. The zero-order valence-electron chi connectivity index (χ0n) is 15.1. The number of rotatable bonds is 8. The highest BCUT2D eigenvalue weighted by atomic mass is 32.2. The highest BCUT2D eigenvalue weighted by Gasteiger charge is 2.19. The Morgan fingerprint density at radius 1 is 1.31 bits per heavy atom. The largest absolute Gasteiger partial charge is 0.478 e. The van der Waals surface area contributed by atoms with Crippen LogP contribution in [-0.2, 0) is 10.0 Å². The first-order chi connectivity index (χ1) is 12.2. The summed E-state index contributed by atoms with van der Waals surface area (Å²) in [5.74, 6) is -0.850. The number of unbranched alkanes of at least 4 members (excludes halogenated alkanes) is 1. The molecule has 0 spiro atoms. The van der Waals surface area contributed by atoms with E-state index in [2.05, 4.69) is 9.71 Å². The molecule has 0 saturated heterocycles. The molecule has 26 heavy (non-hydrogen) atoms. The van der Waals surface area contributed by atoms with Crippen molar-refractivity contribution in [1.29, 1.82) is 0 Å². The number of hydrogen-bond donors (Lipinski definition) is 2. The topological polar surface area (TPSA) is 99.6 Å². The molecule has 0 bridgehead atoms. The Balaban J connectivity index is 2.33. The van der Waals surface area contributed by atoms with Crippen molar-refractivity contribution >= 4 is 27.5 Å². The number of nitrogens with zero attached hydrogens (tertiary/aromatic N) is 2. The van der Waals surface area contributed by atoms with Crippen LogP contribution in [0.3, 0.4) is 0 Å². The van der Waals surface area contributed by atoms with Gasteiger partial charge in [0.2, 0.25) is 0 Å². The lowest BCUT2D eigenvalue weighted by Gasteiger charge is -2.20. The summed E-state index contributed by atoms with van der Waals surface area (Å²) >= 11 is 0. The summed E-state index contributed by atoms with van der Waals surface area (Å²) in [6.07, 6.45) is 3.21. The van der Waals surface area contributed by atoms with Gasteiger partial charge in [0.25, 0.3) is 10.0 Å². The molecule has 0 atom stereocenters. The van der Waals surface area contributed by atoms with Crippen LogP contribution in [0.25, 0.3) is 0 Å². The van der Waals surface area contributed by atoms with Gasteiger partial charge in [0.1, 0.15) is 11.4 Å². The smallest absolute Gasteiger partial charge is 0.339 e. The van der Waals surface area contributed by atoms with Crippen LogP contribution in [-0.4, -0.2) is 38.1 Å². The number of hydrogen-bond acceptors (Lipinski definition) is 5. The van der Waals surface area contributed by atoms with Crippen molar-refractivity contribution in [3.63, 3.8) is 0 Å². The molecule has 2 N–H and O–H groups in total. The van der Waals surface area contributed by atoms with Crippen molar-refractivity contribution in [3.8, 4) is 0 Å². The van der Waals surface area contributed by atoms with E-state index in [1.807, 2.05) is 6.92 Å². The van der Waals surface area contributed by atoms with Crippen LogP contribution in [0.15, 0.2) is 41.4 Å². The van der Waals surface area contributed by atoms with E-state index in [9.17, 15) is 18.3 Å². The minimum atomic E-state index is -3.82. The van der Waals surface area contributed by atoms with Crippen molar-refractivity contribution < 1.29 is 18.3 Å². The molecule has 1 aromatic carbocycles. The number of sulfonamides is 1. The van der Waals surface area contributed by atoms with E-state index in [0.29, 0.717) is 12.4 Å². The first-order valence-corrected chi connectivity index (χ1v) is 9.77. The van der Waals surface area contributed by atoms with Gasteiger partial charge in [-0.05, 0) is 37.1 Å². The number of carboxylic acid groups (broad SMARTS) is 1. The zero-order valence-corrected chi connectivity index (χ0v) is 15.9. The maximum Gasteiger partial charge on any atom is 0.339 e.